The lowest BCUT2D eigenvalue weighted by atomic mass is 10.3. The van der Waals surface area contributed by atoms with Crippen molar-refractivity contribution < 1.29 is 8.95 Å². The lowest BCUT2D eigenvalue weighted by molar-refractivity contribution is 0.298. The first kappa shape index (κ1) is 12.9. The SMILES string of the molecule is CS(C)(=O)=Nc1ccc(OCC2CC2)c(Br)c1. The summed E-state index contributed by atoms with van der Waals surface area (Å²) in [7, 11) is -2.11. The van der Waals surface area contributed by atoms with Gasteiger partial charge in [-0.2, -0.15) is 4.36 Å². The fraction of sp³-hybridized carbons (Fsp3) is 0.500. The molecule has 0 unspecified atom stereocenters. The Balaban J connectivity index is 2.13. The van der Waals surface area contributed by atoms with Gasteiger partial charge in [0.05, 0.1) is 16.8 Å². The van der Waals surface area contributed by atoms with E-state index >= 15 is 0 Å². The van der Waals surface area contributed by atoms with Crippen molar-refractivity contribution in [1.82, 2.24) is 0 Å². The van der Waals surface area contributed by atoms with E-state index < -0.39 is 9.73 Å². The Morgan fingerprint density at radius 3 is 2.71 bits per heavy atom. The standard InChI is InChI=1S/C12H16BrNO2S/c1-17(2,15)14-10-5-6-12(11(13)7-10)16-8-9-3-4-9/h5-7,9H,3-4,8H2,1-2H3. The van der Waals surface area contributed by atoms with Gasteiger partial charge in [0.15, 0.2) is 0 Å². The highest BCUT2D eigenvalue weighted by molar-refractivity contribution is 9.10. The van der Waals surface area contributed by atoms with Gasteiger partial charge in [0.2, 0.25) is 0 Å². The topological polar surface area (TPSA) is 38.7 Å². The first-order valence-electron chi connectivity index (χ1n) is 5.53. The monoisotopic (exact) mass is 317 g/mol. The number of benzene rings is 1. The molecule has 1 aliphatic carbocycles. The van der Waals surface area contributed by atoms with E-state index in [1.807, 2.05) is 18.2 Å². The summed E-state index contributed by atoms with van der Waals surface area (Å²) in [5.74, 6) is 1.56. The molecule has 0 aromatic heterocycles. The summed E-state index contributed by atoms with van der Waals surface area (Å²) in [6, 6.07) is 5.55. The Hall–Kier alpha value is -0.550. The lowest BCUT2D eigenvalue weighted by Gasteiger charge is -2.08. The predicted octanol–water partition coefficient (Wildman–Crippen LogP) is 3.60. The largest absolute Gasteiger partial charge is 0.492 e. The summed E-state index contributed by atoms with van der Waals surface area (Å²) >= 11 is 3.45. The molecule has 0 aliphatic heterocycles. The van der Waals surface area contributed by atoms with Crippen LogP contribution >= 0.6 is 15.9 Å². The lowest BCUT2D eigenvalue weighted by Crippen LogP contribution is -1.99. The molecule has 0 saturated heterocycles. The van der Waals surface area contributed by atoms with E-state index in [1.54, 1.807) is 12.5 Å². The highest BCUT2D eigenvalue weighted by atomic mass is 79.9. The van der Waals surface area contributed by atoms with Crippen LogP contribution in [0, 0.1) is 5.92 Å². The van der Waals surface area contributed by atoms with Crippen LogP contribution in [-0.4, -0.2) is 23.3 Å². The molecule has 2 rings (SSSR count). The molecule has 0 atom stereocenters. The zero-order valence-corrected chi connectivity index (χ0v) is 12.4. The fourth-order valence-electron chi connectivity index (χ4n) is 1.41. The Kier molecular flexibility index (Phi) is 3.78. The van der Waals surface area contributed by atoms with Gasteiger partial charge in [-0.25, -0.2) is 4.21 Å². The van der Waals surface area contributed by atoms with Crippen molar-refractivity contribution in [3.8, 4) is 5.75 Å². The molecule has 0 amide bonds. The Labute approximate surface area is 111 Å². The highest BCUT2D eigenvalue weighted by Crippen LogP contribution is 2.33. The number of hydrogen-bond acceptors (Lipinski definition) is 3. The maximum atomic E-state index is 11.6. The number of nitrogens with zero attached hydrogens (tertiary/aromatic N) is 1. The predicted molar refractivity (Wildman–Crippen MR) is 74.4 cm³/mol. The smallest absolute Gasteiger partial charge is 0.133 e. The van der Waals surface area contributed by atoms with E-state index in [0.717, 1.165) is 22.7 Å². The Morgan fingerprint density at radius 1 is 1.47 bits per heavy atom. The molecule has 1 aliphatic rings. The van der Waals surface area contributed by atoms with Gasteiger partial charge in [-0.05, 0) is 52.9 Å². The van der Waals surface area contributed by atoms with E-state index in [9.17, 15) is 4.21 Å². The van der Waals surface area contributed by atoms with Gasteiger partial charge >= 0.3 is 0 Å². The molecule has 17 heavy (non-hydrogen) atoms. The molecular weight excluding hydrogens is 302 g/mol. The van der Waals surface area contributed by atoms with E-state index in [0.29, 0.717) is 5.69 Å². The van der Waals surface area contributed by atoms with Crippen molar-refractivity contribution in [2.75, 3.05) is 19.1 Å². The first-order chi connectivity index (χ1) is 7.94. The fourth-order valence-corrected chi connectivity index (χ4v) is 2.51. The van der Waals surface area contributed by atoms with Crippen LogP contribution in [0.3, 0.4) is 0 Å². The quantitative estimate of drug-likeness (QED) is 0.851. The van der Waals surface area contributed by atoms with Crippen molar-refractivity contribution in [2.24, 2.45) is 10.3 Å². The zero-order chi connectivity index (χ0) is 12.5. The van der Waals surface area contributed by atoms with Gasteiger partial charge in [0, 0.05) is 22.2 Å². The van der Waals surface area contributed by atoms with E-state index in [2.05, 4.69) is 20.3 Å². The maximum absolute atomic E-state index is 11.6. The highest BCUT2D eigenvalue weighted by Gasteiger charge is 2.22. The third-order valence-electron chi connectivity index (χ3n) is 2.41. The molecule has 1 aromatic rings. The Bertz CT molecular complexity index is 523. The van der Waals surface area contributed by atoms with Gasteiger partial charge in [-0.15, -0.1) is 0 Å². The van der Waals surface area contributed by atoms with Crippen LogP contribution in [0.2, 0.25) is 0 Å². The van der Waals surface area contributed by atoms with Crippen LogP contribution in [0.1, 0.15) is 12.8 Å². The average molecular weight is 318 g/mol. The molecule has 3 nitrogen and oxygen atoms in total. The van der Waals surface area contributed by atoms with Gasteiger partial charge in [0.25, 0.3) is 0 Å². The number of rotatable bonds is 4. The van der Waals surface area contributed by atoms with Crippen molar-refractivity contribution in [3.05, 3.63) is 22.7 Å². The molecule has 0 radical (unpaired) electrons. The van der Waals surface area contributed by atoms with Crippen molar-refractivity contribution >= 4 is 31.3 Å². The van der Waals surface area contributed by atoms with Crippen LogP contribution in [0.5, 0.6) is 5.75 Å². The summed E-state index contributed by atoms with van der Waals surface area (Å²) < 4.78 is 22.3. The Morgan fingerprint density at radius 2 is 2.18 bits per heavy atom. The van der Waals surface area contributed by atoms with Crippen LogP contribution in [0.15, 0.2) is 27.0 Å². The minimum atomic E-state index is -2.11. The normalized spacial score (nSPS) is 15.7. The molecule has 0 bridgehead atoms. The van der Waals surface area contributed by atoms with Crippen LogP contribution in [0.4, 0.5) is 5.69 Å². The second-order valence-corrected chi connectivity index (χ2v) is 8.04. The number of halogens is 1. The molecule has 0 heterocycles. The van der Waals surface area contributed by atoms with Gasteiger partial charge in [0.1, 0.15) is 5.75 Å². The minimum Gasteiger partial charge on any atom is -0.492 e. The molecular formula is C12H16BrNO2S. The van der Waals surface area contributed by atoms with Crippen LogP contribution < -0.4 is 4.74 Å². The van der Waals surface area contributed by atoms with E-state index in [-0.39, 0.29) is 0 Å². The van der Waals surface area contributed by atoms with Gasteiger partial charge in [-0.1, -0.05) is 0 Å². The molecule has 0 spiro atoms. The summed E-state index contributed by atoms with van der Waals surface area (Å²) in [5.41, 5.74) is 0.714. The molecule has 0 N–H and O–H groups in total. The van der Waals surface area contributed by atoms with Crippen molar-refractivity contribution in [2.45, 2.75) is 12.8 Å². The summed E-state index contributed by atoms with van der Waals surface area (Å²) in [5, 5.41) is 0. The zero-order valence-electron chi connectivity index (χ0n) is 9.98. The second-order valence-electron chi connectivity index (χ2n) is 4.64. The van der Waals surface area contributed by atoms with Gasteiger partial charge in [-0.3, -0.25) is 0 Å². The summed E-state index contributed by atoms with van der Waals surface area (Å²) in [6.45, 7) is 0.785. The molecule has 94 valence electrons. The number of ether oxygens (including phenoxy) is 1. The number of hydrogen-bond donors (Lipinski definition) is 0. The van der Waals surface area contributed by atoms with Gasteiger partial charge < -0.3 is 4.74 Å². The molecule has 1 fully saturated rings. The second kappa shape index (κ2) is 4.98. The van der Waals surface area contributed by atoms with Crippen LogP contribution in [-0.2, 0) is 9.73 Å². The third kappa shape index (κ3) is 4.32. The summed E-state index contributed by atoms with van der Waals surface area (Å²) in [4.78, 5) is 0. The maximum Gasteiger partial charge on any atom is 0.133 e. The summed E-state index contributed by atoms with van der Waals surface area (Å²) in [6.07, 6.45) is 5.80. The first-order valence-corrected chi connectivity index (χ1v) is 8.66. The molecule has 1 aromatic carbocycles. The average Bonchev–Trinajstić information content (AvgIpc) is 2.97. The molecule has 1 saturated carbocycles. The van der Waals surface area contributed by atoms with E-state index in [4.69, 9.17) is 4.74 Å². The molecule has 5 heteroatoms. The van der Waals surface area contributed by atoms with Crippen molar-refractivity contribution in [3.63, 3.8) is 0 Å². The van der Waals surface area contributed by atoms with Crippen molar-refractivity contribution in [1.29, 1.82) is 0 Å². The minimum absolute atomic E-state index is 0.714. The van der Waals surface area contributed by atoms with E-state index in [1.165, 1.54) is 12.8 Å². The van der Waals surface area contributed by atoms with Crippen LogP contribution in [0.25, 0.3) is 0 Å². The third-order valence-corrected chi connectivity index (χ3v) is 3.68.